The number of nitrogens with one attached hydrogen (secondary N) is 1. The number of hydrogen-bond donors (Lipinski definition) is 1. The van der Waals surface area contributed by atoms with Crippen molar-refractivity contribution in [2.45, 2.75) is 42.4 Å². The van der Waals surface area contributed by atoms with Crippen LogP contribution in [0.1, 0.15) is 25.3 Å². The van der Waals surface area contributed by atoms with Gasteiger partial charge in [0.25, 0.3) is 0 Å². The molecule has 0 unspecified atom stereocenters. The second-order valence-corrected chi connectivity index (χ2v) is 7.01. The van der Waals surface area contributed by atoms with Gasteiger partial charge in [0, 0.05) is 12.2 Å². The maximum Gasteiger partial charge on any atom is 0.417 e. The molecule has 3 rings (SSSR count). The van der Waals surface area contributed by atoms with Crippen molar-refractivity contribution in [2.75, 3.05) is 0 Å². The van der Waals surface area contributed by atoms with Crippen molar-refractivity contribution in [1.29, 1.82) is 0 Å². The molecule has 1 N–H and O–H groups in total. The zero-order valence-electron chi connectivity index (χ0n) is 11.9. The molecule has 1 fully saturated rings. The monoisotopic (exact) mass is 364 g/mol. The Morgan fingerprint density at radius 1 is 1.48 bits per heavy atom. The van der Waals surface area contributed by atoms with Crippen LogP contribution >= 0.6 is 23.4 Å². The van der Waals surface area contributed by atoms with E-state index in [2.05, 4.69) is 15.5 Å². The Morgan fingerprint density at radius 2 is 2.17 bits per heavy atom. The molecule has 0 aliphatic heterocycles. The molecule has 1 aliphatic rings. The van der Waals surface area contributed by atoms with Crippen molar-refractivity contribution in [3.05, 3.63) is 22.8 Å². The van der Waals surface area contributed by atoms with Crippen LogP contribution in [0.15, 0.2) is 17.4 Å². The zero-order valence-corrected chi connectivity index (χ0v) is 13.5. The highest BCUT2D eigenvalue weighted by atomic mass is 35.5. The van der Waals surface area contributed by atoms with Gasteiger partial charge in [0.05, 0.1) is 15.8 Å². The summed E-state index contributed by atoms with van der Waals surface area (Å²) < 4.78 is 39.8. The first-order valence-electron chi connectivity index (χ1n) is 6.84. The predicted octanol–water partition coefficient (Wildman–Crippen LogP) is 3.16. The molecule has 0 aromatic carbocycles. The normalized spacial score (nSPS) is 16.6. The number of alkyl halides is 3. The van der Waals surface area contributed by atoms with Crippen LogP contribution in [-0.2, 0) is 11.0 Å². The minimum atomic E-state index is -4.53. The summed E-state index contributed by atoms with van der Waals surface area (Å²) in [5.41, 5.74) is -0.774. The van der Waals surface area contributed by atoms with Crippen molar-refractivity contribution in [2.24, 2.45) is 0 Å². The summed E-state index contributed by atoms with van der Waals surface area (Å²) in [4.78, 5) is 12.0. The molecule has 1 atom stereocenters. The highest BCUT2D eigenvalue weighted by Crippen LogP contribution is 2.34. The molecule has 10 heteroatoms. The van der Waals surface area contributed by atoms with Crippen LogP contribution in [0.3, 0.4) is 0 Å². The maximum absolute atomic E-state index is 12.9. The number of aromatic nitrogens is 3. The molecule has 1 amide bonds. The Hall–Kier alpha value is -1.48. The Bertz CT molecular complexity index is 759. The smallest absolute Gasteiger partial charge is 0.352 e. The third-order valence-electron chi connectivity index (χ3n) is 3.33. The van der Waals surface area contributed by atoms with Crippen molar-refractivity contribution >= 4 is 34.9 Å². The van der Waals surface area contributed by atoms with E-state index < -0.39 is 17.0 Å². The quantitative estimate of drug-likeness (QED) is 0.847. The number of thioether (sulfide) groups is 1. The number of carbonyl (C=O) groups is 1. The van der Waals surface area contributed by atoms with Crippen molar-refractivity contribution in [3.8, 4) is 0 Å². The summed E-state index contributed by atoms with van der Waals surface area (Å²) >= 11 is 6.88. The van der Waals surface area contributed by atoms with Gasteiger partial charge in [-0.05, 0) is 25.8 Å². The summed E-state index contributed by atoms with van der Waals surface area (Å²) in [6.45, 7) is 1.67. The van der Waals surface area contributed by atoms with Crippen LogP contribution in [0.25, 0.3) is 5.65 Å². The topological polar surface area (TPSA) is 59.3 Å². The Balaban J connectivity index is 1.88. The number of rotatable bonds is 4. The van der Waals surface area contributed by atoms with Crippen molar-refractivity contribution in [3.63, 3.8) is 0 Å². The van der Waals surface area contributed by atoms with Crippen molar-refractivity contribution in [1.82, 2.24) is 19.9 Å². The average Bonchev–Trinajstić information content (AvgIpc) is 3.17. The largest absolute Gasteiger partial charge is 0.417 e. The third-order valence-corrected chi connectivity index (χ3v) is 4.67. The van der Waals surface area contributed by atoms with Crippen LogP contribution < -0.4 is 5.32 Å². The number of amides is 1. The van der Waals surface area contributed by atoms with E-state index in [9.17, 15) is 18.0 Å². The van der Waals surface area contributed by atoms with Gasteiger partial charge in [-0.2, -0.15) is 13.2 Å². The zero-order chi connectivity index (χ0) is 16.8. The highest BCUT2D eigenvalue weighted by Gasteiger charge is 2.33. The molecular weight excluding hydrogens is 353 g/mol. The van der Waals surface area contributed by atoms with Crippen LogP contribution in [0.4, 0.5) is 13.2 Å². The fourth-order valence-corrected chi connectivity index (χ4v) is 3.01. The van der Waals surface area contributed by atoms with Crippen LogP contribution in [0, 0.1) is 0 Å². The SMILES string of the molecule is C[C@H](Sc1nnc2c(Cl)cc(C(F)(F)F)cn12)C(=O)NC1CC1. The molecule has 1 aliphatic carbocycles. The third kappa shape index (κ3) is 3.55. The molecule has 0 spiro atoms. The summed E-state index contributed by atoms with van der Waals surface area (Å²) in [6, 6.07) is 1.02. The van der Waals surface area contributed by atoms with Crippen LogP contribution in [0.5, 0.6) is 0 Å². The highest BCUT2D eigenvalue weighted by molar-refractivity contribution is 8.00. The van der Waals surface area contributed by atoms with E-state index in [0.717, 1.165) is 41.3 Å². The number of carbonyl (C=O) groups excluding carboxylic acids is 1. The summed E-state index contributed by atoms with van der Waals surface area (Å²) in [6.07, 6.45) is -1.73. The summed E-state index contributed by atoms with van der Waals surface area (Å²) in [5.74, 6) is -0.174. The fraction of sp³-hybridized carbons (Fsp3) is 0.462. The Morgan fingerprint density at radius 3 is 2.78 bits per heavy atom. The second-order valence-electron chi connectivity index (χ2n) is 5.29. The van der Waals surface area contributed by atoms with Gasteiger partial charge < -0.3 is 5.32 Å². The van der Waals surface area contributed by atoms with Gasteiger partial charge >= 0.3 is 6.18 Å². The lowest BCUT2D eigenvalue weighted by molar-refractivity contribution is -0.137. The lowest BCUT2D eigenvalue weighted by atomic mass is 10.3. The molecule has 1 saturated carbocycles. The summed E-state index contributed by atoms with van der Waals surface area (Å²) in [7, 11) is 0. The number of pyridine rings is 1. The molecule has 2 aromatic heterocycles. The van der Waals surface area contributed by atoms with E-state index in [1.807, 2.05) is 0 Å². The molecule has 0 saturated heterocycles. The number of nitrogens with zero attached hydrogens (tertiary/aromatic N) is 3. The van der Waals surface area contributed by atoms with Gasteiger partial charge in [0.15, 0.2) is 10.8 Å². The van der Waals surface area contributed by atoms with E-state index in [0.29, 0.717) is 0 Å². The number of hydrogen-bond acceptors (Lipinski definition) is 4. The molecule has 2 heterocycles. The molecule has 0 radical (unpaired) electrons. The molecule has 0 bridgehead atoms. The number of halogens is 4. The first-order chi connectivity index (χ1) is 10.8. The second kappa shape index (κ2) is 5.86. The first-order valence-corrected chi connectivity index (χ1v) is 8.10. The van der Waals surface area contributed by atoms with E-state index in [-0.39, 0.29) is 27.8 Å². The lowest BCUT2D eigenvalue weighted by Crippen LogP contribution is -2.32. The molecule has 5 nitrogen and oxygen atoms in total. The average molecular weight is 365 g/mol. The summed E-state index contributed by atoms with van der Waals surface area (Å²) in [5, 5.41) is 10.0. The molecule has 23 heavy (non-hydrogen) atoms. The molecule has 124 valence electrons. The van der Waals surface area contributed by atoms with E-state index in [1.54, 1.807) is 6.92 Å². The van der Waals surface area contributed by atoms with Gasteiger partial charge in [0.1, 0.15) is 0 Å². The van der Waals surface area contributed by atoms with E-state index in [4.69, 9.17) is 11.6 Å². The van der Waals surface area contributed by atoms with Crippen LogP contribution in [-0.4, -0.2) is 31.8 Å². The Labute approximate surface area is 138 Å². The van der Waals surface area contributed by atoms with Gasteiger partial charge in [-0.25, -0.2) is 0 Å². The fourth-order valence-electron chi connectivity index (χ4n) is 1.93. The van der Waals surface area contributed by atoms with Gasteiger partial charge in [0.2, 0.25) is 5.91 Å². The van der Waals surface area contributed by atoms with E-state index in [1.165, 1.54) is 0 Å². The molecular formula is C13H12ClF3N4OS. The Kier molecular flexibility index (Phi) is 4.18. The van der Waals surface area contributed by atoms with E-state index >= 15 is 0 Å². The van der Waals surface area contributed by atoms with Gasteiger partial charge in [-0.1, -0.05) is 23.4 Å². The first kappa shape index (κ1) is 16.4. The minimum Gasteiger partial charge on any atom is -0.352 e. The maximum atomic E-state index is 12.9. The molecule has 2 aromatic rings. The van der Waals surface area contributed by atoms with Crippen molar-refractivity contribution < 1.29 is 18.0 Å². The predicted molar refractivity (Wildman–Crippen MR) is 79.5 cm³/mol. The standard InChI is InChI=1S/C13H12ClF3N4OS/c1-6(11(22)18-8-2-3-8)23-12-20-19-10-9(14)4-7(5-21(10)12)13(15,16)17/h4-6,8H,2-3H2,1H3,(H,18,22)/t6-/m0/s1. The van der Waals surface area contributed by atoms with Gasteiger partial charge in [-0.3, -0.25) is 9.20 Å². The van der Waals surface area contributed by atoms with Crippen LogP contribution in [0.2, 0.25) is 5.02 Å². The number of fused-ring (bicyclic) bond motifs is 1. The lowest BCUT2D eigenvalue weighted by Gasteiger charge is -2.11. The van der Waals surface area contributed by atoms with Gasteiger partial charge in [-0.15, -0.1) is 10.2 Å². The minimum absolute atomic E-state index is 0.122.